The van der Waals surface area contributed by atoms with Crippen LogP contribution < -0.4 is 5.73 Å². The molecule has 5 nitrogen and oxygen atoms in total. The van der Waals surface area contributed by atoms with E-state index in [-0.39, 0.29) is 5.82 Å². The van der Waals surface area contributed by atoms with Gasteiger partial charge in [0.05, 0.1) is 17.1 Å². The zero-order valence-electron chi connectivity index (χ0n) is 11.6. The first-order valence-corrected chi connectivity index (χ1v) is 7.42. The fourth-order valence-corrected chi connectivity index (χ4v) is 2.92. The minimum atomic E-state index is -0.363. The van der Waals surface area contributed by atoms with Crippen LogP contribution in [0.1, 0.15) is 30.1 Å². The van der Waals surface area contributed by atoms with E-state index in [0.29, 0.717) is 23.3 Å². The van der Waals surface area contributed by atoms with E-state index in [2.05, 4.69) is 15.1 Å². The number of fused-ring (bicyclic) bond motifs is 1. The summed E-state index contributed by atoms with van der Waals surface area (Å²) in [6, 6.07) is 4.84. The molecule has 0 spiro atoms. The number of rotatable bonds is 3. The number of nitrogen functional groups attached to an aromatic ring is 1. The summed E-state index contributed by atoms with van der Waals surface area (Å²) in [7, 11) is 0. The Bertz CT molecular complexity index is 851. The van der Waals surface area contributed by atoms with Crippen LogP contribution in [0.4, 0.5) is 10.2 Å². The third kappa shape index (κ3) is 2.29. The number of nitrogens with two attached hydrogens (primary N) is 1. The molecule has 112 valence electrons. The summed E-state index contributed by atoms with van der Waals surface area (Å²) in [4.78, 5) is 8.36. The van der Waals surface area contributed by atoms with Crippen LogP contribution in [0.2, 0.25) is 5.02 Å². The quantitative estimate of drug-likeness (QED) is 0.805. The summed E-state index contributed by atoms with van der Waals surface area (Å²) >= 11 is 5.92. The molecule has 1 aliphatic carbocycles. The van der Waals surface area contributed by atoms with Crippen molar-refractivity contribution in [3.63, 3.8) is 0 Å². The van der Waals surface area contributed by atoms with Crippen LogP contribution in [0.3, 0.4) is 0 Å². The highest BCUT2D eigenvalue weighted by molar-refractivity contribution is 6.30. The summed E-state index contributed by atoms with van der Waals surface area (Å²) in [6.45, 7) is 0. The van der Waals surface area contributed by atoms with Crippen molar-refractivity contribution in [3.05, 3.63) is 46.6 Å². The molecule has 1 aromatic carbocycles. The van der Waals surface area contributed by atoms with Gasteiger partial charge in [-0.25, -0.2) is 19.0 Å². The Labute approximate surface area is 130 Å². The van der Waals surface area contributed by atoms with Crippen molar-refractivity contribution in [1.29, 1.82) is 0 Å². The highest BCUT2D eigenvalue weighted by Gasteiger charge is 2.28. The van der Waals surface area contributed by atoms with Gasteiger partial charge in [-0.05, 0) is 36.6 Å². The molecule has 0 saturated heterocycles. The molecule has 0 aliphatic heterocycles. The van der Waals surface area contributed by atoms with E-state index in [9.17, 15) is 4.39 Å². The molecule has 22 heavy (non-hydrogen) atoms. The smallest absolute Gasteiger partial charge is 0.163 e. The molecule has 0 unspecified atom stereocenters. The van der Waals surface area contributed by atoms with Crippen molar-refractivity contribution in [2.45, 2.75) is 25.3 Å². The normalized spacial score (nSPS) is 14.6. The number of halogens is 2. The highest BCUT2D eigenvalue weighted by Crippen LogP contribution is 2.38. The van der Waals surface area contributed by atoms with Crippen molar-refractivity contribution in [2.24, 2.45) is 0 Å². The van der Waals surface area contributed by atoms with E-state index in [4.69, 9.17) is 17.3 Å². The Morgan fingerprint density at radius 1 is 1.27 bits per heavy atom. The second kappa shape index (κ2) is 4.91. The van der Waals surface area contributed by atoms with Gasteiger partial charge in [-0.2, -0.15) is 5.10 Å². The van der Waals surface area contributed by atoms with E-state index in [1.54, 1.807) is 6.07 Å². The largest absolute Gasteiger partial charge is 0.383 e. The highest BCUT2D eigenvalue weighted by atomic mass is 35.5. The van der Waals surface area contributed by atoms with Crippen LogP contribution in [-0.4, -0.2) is 19.7 Å². The Balaban J connectivity index is 1.84. The molecule has 2 N–H and O–H groups in total. The summed E-state index contributed by atoms with van der Waals surface area (Å²) < 4.78 is 15.4. The molecule has 1 fully saturated rings. The molecule has 2 aromatic heterocycles. The zero-order chi connectivity index (χ0) is 15.3. The molecule has 4 rings (SSSR count). The van der Waals surface area contributed by atoms with Gasteiger partial charge < -0.3 is 5.73 Å². The molecule has 1 saturated carbocycles. The number of nitrogens with zero attached hydrogens (tertiary/aromatic N) is 4. The third-order valence-electron chi connectivity index (χ3n) is 3.78. The van der Waals surface area contributed by atoms with E-state index in [0.717, 1.165) is 35.1 Å². The lowest BCUT2D eigenvalue weighted by atomic mass is 10.1. The van der Waals surface area contributed by atoms with Crippen molar-refractivity contribution >= 4 is 28.5 Å². The Hall–Kier alpha value is -2.21. The fraction of sp³-hybridized carbons (Fsp3) is 0.267. The molecular weight excluding hydrogens is 305 g/mol. The van der Waals surface area contributed by atoms with Crippen molar-refractivity contribution in [1.82, 2.24) is 19.7 Å². The summed E-state index contributed by atoms with van der Waals surface area (Å²) in [5, 5.41) is 5.75. The first-order chi connectivity index (χ1) is 10.6. The van der Waals surface area contributed by atoms with Gasteiger partial charge in [0.15, 0.2) is 5.65 Å². The van der Waals surface area contributed by atoms with Gasteiger partial charge in [-0.15, -0.1) is 0 Å². The molecule has 7 heteroatoms. The number of hydrogen-bond donors (Lipinski definition) is 1. The molecule has 0 atom stereocenters. The Morgan fingerprint density at radius 2 is 2.09 bits per heavy atom. The average molecular weight is 318 g/mol. The minimum absolute atomic E-state index is 0.363. The van der Waals surface area contributed by atoms with Gasteiger partial charge in [0.25, 0.3) is 0 Å². The van der Waals surface area contributed by atoms with E-state index >= 15 is 0 Å². The second-order valence-corrected chi connectivity index (χ2v) is 5.97. The fourth-order valence-electron chi connectivity index (χ4n) is 2.67. The lowest BCUT2D eigenvalue weighted by Gasteiger charge is -2.01. The first-order valence-electron chi connectivity index (χ1n) is 7.04. The van der Waals surface area contributed by atoms with Crippen LogP contribution in [-0.2, 0) is 6.42 Å². The van der Waals surface area contributed by atoms with Crippen LogP contribution in [0.15, 0.2) is 24.5 Å². The number of aromatic nitrogens is 4. The Kier molecular flexibility index (Phi) is 3.00. The predicted molar refractivity (Wildman–Crippen MR) is 82.2 cm³/mol. The SMILES string of the molecule is Nc1ncnc2c1c(Cc1cc(F)cc(Cl)c1)nn2C1CC1. The predicted octanol–water partition coefficient (Wildman–Crippen LogP) is 3.13. The van der Waals surface area contributed by atoms with E-state index in [1.165, 1.54) is 18.5 Å². The molecule has 1 aliphatic rings. The number of anilines is 1. The standard InChI is InChI=1S/C15H13ClFN5/c16-9-3-8(4-10(17)6-9)5-12-13-14(18)19-7-20-15(13)22(21-12)11-1-2-11/h3-4,6-7,11H,1-2,5H2,(H2,18,19,20). The van der Waals surface area contributed by atoms with Gasteiger partial charge in [0, 0.05) is 11.4 Å². The summed E-state index contributed by atoms with van der Waals surface area (Å²) in [5.74, 6) is 0.0343. The zero-order valence-corrected chi connectivity index (χ0v) is 12.4. The van der Waals surface area contributed by atoms with Gasteiger partial charge in [0.1, 0.15) is 18.0 Å². The van der Waals surface area contributed by atoms with Gasteiger partial charge in [0.2, 0.25) is 0 Å². The average Bonchev–Trinajstić information content (AvgIpc) is 3.22. The van der Waals surface area contributed by atoms with Crippen molar-refractivity contribution < 1.29 is 4.39 Å². The van der Waals surface area contributed by atoms with Gasteiger partial charge >= 0.3 is 0 Å². The molecular formula is C15H13ClFN5. The summed E-state index contributed by atoms with van der Waals surface area (Å²) in [6.07, 6.45) is 4.06. The minimum Gasteiger partial charge on any atom is -0.383 e. The third-order valence-corrected chi connectivity index (χ3v) is 4.00. The second-order valence-electron chi connectivity index (χ2n) is 5.53. The maximum absolute atomic E-state index is 13.5. The van der Waals surface area contributed by atoms with Crippen LogP contribution in [0.25, 0.3) is 11.0 Å². The van der Waals surface area contributed by atoms with Gasteiger partial charge in [-0.1, -0.05) is 11.6 Å². The molecule has 2 heterocycles. The van der Waals surface area contributed by atoms with E-state index < -0.39 is 0 Å². The topological polar surface area (TPSA) is 69.6 Å². The molecule has 0 radical (unpaired) electrons. The van der Waals surface area contributed by atoms with Crippen LogP contribution in [0.5, 0.6) is 0 Å². The molecule has 0 bridgehead atoms. The maximum Gasteiger partial charge on any atom is 0.163 e. The van der Waals surface area contributed by atoms with Gasteiger partial charge in [-0.3, -0.25) is 0 Å². The van der Waals surface area contributed by atoms with Crippen molar-refractivity contribution in [2.75, 3.05) is 5.73 Å². The Morgan fingerprint density at radius 3 is 2.82 bits per heavy atom. The number of benzene rings is 1. The van der Waals surface area contributed by atoms with Crippen LogP contribution >= 0.6 is 11.6 Å². The summed E-state index contributed by atoms with van der Waals surface area (Å²) in [5.41, 5.74) is 8.24. The van der Waals surface area contributed by atoms with E-state index in [1.807, 2.05) is 4.68 Å². The van der Waals surface area contributed by atoms with Crippen LogP contribution in [0, 0.1) is 5.82 Å². The first kappa shape index (κ1) is 13.5. The molecule has 0 amide bonds. The maximum atomic E-state index is 13.5. The lowest BCUT2D eigenvalue weighted by Crippen LogP contribution is -1.99. The number of hydrogen-bond acceptors (Lipinski definition) is 4. The molecule has 3 aromatic rings. The lowest BCUT2D eigenvalue weighted by molar-refractivity contribution is 0.625. The van der Waals surface area contributed by atoms with Crippen molar-refractivity contribution in [3.8, 4) is 0 Å². The monoisotopic (exact) mass is 317 g/mol.